The molecule has 0 radical (unpaired) electrons. The van der Waals surface area contributed by atoms with Crippen molar-refractivity contribution in [3.8, 4) is 28.4 Å². The molecule has 0 unspecified atom stereocenters. The Morgan fingerprint density at radius 3 is 2.77 bits per heavy atom. The molecule has 0 aliphatic carbocycles. The zero-order valence-electron chi connectivity index (χ0n) is 19.4. The summed E-state index contributed by atoms with van der Waals surface area (Å²) in [7, 11) is 1.48. The van der Waals surface area contributed by atoms with Gasteiger partial charge in [-0.15, -0.1) is 0 Å². The van der Waals surface area contributed by atoms with Crippen molar-refractivity contribution in [2.75, 3.05) is 19.4 Å². The van der Waals surface area contributed by atoms with Crippen LogP contribution in [0.1, 0.15) is 24.0 Å². The van der Waals surface area contributed by atoms with Gasteiger partial charge in [0.2, 0.25) is 11.8 Å². The van der Waals surface area contributed by atoms with Crippen molar-refractivity contribution in [2.45, 2.75) is 32.4 Å². The molecule has 10 heteroatoms. The molecular formula is C25H26ClN5O4. The highest BCUT2D eigenvalue weighted by atomic mass is 35.5. The molecule has 2 amide bonds. The van der Waals surface area contributed by atoms with Gasteiger partial charge < -0.3 is 25.8 Å². The summed E-state index contributed by atoms with van der Waals surface area (Å²) < 4.78 is 5.49. The van der Waals surface area contributed by atoms with Crippen molar-refractivity contribution in [1.29, 1.82) is 0 Å². The fourth-order valence-corrected chi connectivity index (χ4v) is 4.46. The number of aromatic nitrogens is 2. The first kappa shape index (κ1) is 24.3. The second-order valence-corrected chi connectivity index (χ2v) is 8.75. The van der Waals surface area contributed by atoms with E-state index in [1.165, 1.54) is 12.0 Å². The molecule has 1 aliphatic rings. The zero-order chi connectivity index (χ0) is 25.1. The maximum atomic E-state index is 11.8. The fraction of sp³-hybridized carbons (Fsp3) is 0.280. The van der Waals surface area contributed by atoms with Gasteiger partial charge in [0.1, 0.15) is 0 Å². The van der Waals surface area contributed by atoms with E-state index in [0.29, 0.717) is 51.9 Å². The van der Waals surface area contributed by atoms with Crippen LogP contribution >= 0.6 is 11.6 Å². The number of nitrogens with one attached hydrogen (secondary N) is 1. The summed E-state index contributed by atoms with van der Waals surface area (Å²) in [4.78, 5) is 33.6. The SMILES string of the molecule is COc1nc(-c2ccnc(-c3cccc(N)c3C)c2Cl)ccc1CN(C[C@@H]1CCC(=O)N1)C(=O)O. The predicted molar refractivity (Wildman–Crippen MR) is 133 cm³/mol. The molecule has 1 atom stereocenters. The van der Waals surface area contributed by atoms with E-state index in [4.69, 9.17) is 22.1 Å². The molecule has 3 aromatic rings. The van der Waals surface area contributed by atoms with Crippen LogP contribution in [0.25, 0.3) is 22.5 Å². The first-order valence-corrected chi connectivity index (χ1v) is 11.5. The predicted octanol–water partition coefficient (Wildman–Crippen LogP) is 4.12. The highest BCUT2D eigenvalue weighted by molar-refractivity contribution is 6.35. The van der Waals surface area contributed by atoms with E-state index in [0.717, 1.165) is 11.1 Å². The van der Waals surface area contributed by atoms with Crippen LogP contribution in [0.4, 0.5) is 10.5 Å². The molecular weight excluding hydrogens is 470 g/mol. The molecule has 182 valence electrons. The number of carboxylic acid groups (broad SMARTS) is 1. The van der Waals surface area contributed by atoms with Crippen LogP contribution in [0.2, 0.25) is 5.02 Å². The molecule has 2 aromatic heterocycles. The number of benzene rings is 1. The monoisotopic (exact) mass is 495 g/mol. The van der Waals surface area contributed by atoms with E-state index < -0.39 is 6.09 Å². The van der Waals surface area contributed by atoms with Crippen LogP contribution in [0, 0.1) is 6.92 Å². The van der Waals surface area contributed by atoms with Crippen LogP contribution in [0.3, 0.4) is 0 Å². The molecule has 0 saturated carbocycles. The van der Waals surface area contributed by atoms with E-state index in [9.17, 15) is 14.7 Å². The summed E-state index contributed by atoms with van der Waals surface area (Å²) >= 11 is 6.77. The van der Waals surface area contributed by atoms with Crippen molar-refractivity contribution < 1.29 is 19.4 Å². The largest absolute Gasteiger partial charge is 0.481 e. The summed E-state index contributed by atoms with van der Waals surface area (Å²) in [5.74, 6) is 0.227. The number of carbonyl (C=O) groups is 2. The maximum Gasteiger partial charge on any atom is 0.407 e. The molecule has 35 heavy (non-hydrogen) atoms. The van der Waals surface area contributed by atoms with Gasteiger partial charge in [-0.25, -0.2) is 9.78 Å². The molecule has 3 heterocycles. The van der Waals surface area contributed by atoms with Crippen molar-refractivity contribution in [3.63, 3.8) is 0 Å². The second kappa shape index (κ2) is 10.2. The molecule has 0 spiro atoms. The Morgan fingerprint density at radius 1 is 1.29 bits per heavy atom. The highest BCUT2D eigenvalue weighted by Gasteiger charge is 2.26. The fourth-order valence-electron chi connectivity index (χ4n) is 4.15. The topological polar surface area (TPSA) is 131 Å². The number of hydrogen-bond donors (Lipinski definition) is 3. The van der Waals surface area contributed by atoms with Gasteiger partial charge >= 0.3 is 6.09 Å². The van der Waals surface area contributed by atoms with Crippen LogP contribution < -0.4 is 15.8 Å². The number of pyridine rings is 2. The summed E-state index contributed by atoms with van der Waals surface area (Å²) in [6, 6.07) is 10.7. The highest BCUT2D eigenvalue weighted by Crippen LogP contribution is 2.37. The Labute approximate surface area is 207 Å². The number of rotatable bonds is 7. The zero-order valence-corrected chi connectivity index (χ0v) is 20.2. The van der Waals surface area contributed by atoms with Gasteiger partial charge in [0.05, 0.1) is 30.1 Å². The maximum absolute atomic E-state index is 11.8. The molecule has 9 nitrogen and oxygen atoms in total. The lowest BCUT2D eigenvalue weighted by Crippen LogP contribution is -2.41. The van der Waals surface area contributed by atoms with Gasteiger partial charge in [0.15, 0.2) is 0 Å². The molecule has 1 saturated heterocycles. The Hall–Kier alpha value is -3.85. The smallest absolute Gasteiger partial charge is 0.407 e. The molecule has 1 fully saturated rings. The second-order valence-electron chi connectivity index (χ2n) is 8.37. The first-order valence-electron chi connectivity index (χ1n) is 11.1. The van der Waals surface area contributed by atoms with E-state index >= 15 is 0 Å². The van der Waals surface area contributed by atoms with Crippen LogP contribution in [-0.2, 0) is 11.3 Å². The average Bonchev–Trinajstić information content (AvgIpc) is 3.25. The summed E-state index contributed by atoms with van der Waals surface area (Å²) in [5, 5.41) is 12.9. The van der Waals surface area contributed by atoms with Gasteiger partial charge in [0.25, 0.3) is 0 Å². The number of anilines is 1. The Bertz CT molecular complexity index is 1280. The molecule has 0 bridgehead atoms. The lowest BCUT2D eigenvalue weighted by atomic mass is 10.0. The Morgan fingerprint density at radius 2 is 2.09 bits per heavy atom. The number of hydrogen-bond acceptors (Lipinski definition) is 6. The number of amides is 2. The lowest BCUT2D eigenvalue weighted by Gasteiger charge is -2.23. The number of nitrogen functional groups attached to an aromatic ring is 1. The van der Waals surface area contributed by atoms with Gasteiger partial charge in [-0.3, -0.25) is 9.78 Å². The van der Waals surface area contributed by atoms with Gasteiger partial charge in [-0.05, 0) is 43.2 Å². The van der Waals surface area contributed by atoms with Crippen LogP contribution in [0.5, 0.6) is 5.88 Å². The summed E-state index contributed by atoms with van der Waals surface area (Å²) in [6.07, 6.45) is 1.58. The van der Waals surface area contributed by atoms with Gasteiger partial charge in [-0.2, -0.15) is 0 Å². The molecule has 4 N–H and O–H groups in total. The Balaban J connectivity index is 1.64. The van der Waals surface area contributed by atoms with Crippen LogP contribution in [-0.4, -0.2) is 51.7 Å². The van der Waals surface area contributed by atoms with Crippen LogP contribution in [0.15, 0.2) is 42.6 Å². The molecule has 1 aromatic carbocycles. The van der Waals surface area contributed by atoms with E-state index in [-0.39, 0.29) is 25.0 Å². The summed E-state index contributed by atoms with van der Waals surface area (Å²) in [6.45, 7) is 2.16. The first-order chi connectivity index (χ1) is 16.8. The van der Waals surface area contributed by atoms with Gasteiger partial charge in [-0.1, -0.05) is 23.7 Å². The van der Waals surface area contributed by atoms with E-state index in [1.807, 2.05) is 25.1 Å². The number of carbonyl (C=O) groups excluding carboxylic acids is 1. The van der Waals surface area contributed by atoms with E-state index in [2.05, 4.69) is 15.3 Å². The minimum absolute atomic E-state index is 0.0640. The third-order valence-corrected chi connectivity index (χ3v) is 6.47. The Kier molecular flexibility index (Phi) is 7.07. The third kappa shape index (κ3) is 5.14. The quantitative estimate of drug-likeness (QED) is 0.420. The van der Waals surface area contributed by atoms with E-state index in [1.54, 1.807) is 24.4 Å². The minimum Gasteiger partial charge on any atom is -0.481 e. The van der Waals surface area contributed by atoms with Crippen molar-refractivity contribution >= 4 is 29.3 Å². The van der Waals surface area contributed by atoms with Gasteiger partial charge in [0, 0.05) is 47.6 Å². The normalized spacial score (nSPS) is 15.1. The number of methoxy groups -OCH3 is 1. The van der Waals surface area contributed by atoms with Crippen molar-refractivity contribution in [1.82, 2.24) is 20.2 Å². The number of nitrogens with two attached hydrogens (primary N) is 1. The average molecular weight is 496 g/mol. The third-order valence-electron chi connectivity index (χ3n) is 6.09. The lowest BCUT2D eigenvalue weighted by molar-refractivity contribution is -0.119. The number of halogens is 1. The van der Waals surface area contributed by atoms with Crippen molar-refractivity contribution in [3.05, 3.63) is 58.7 Å². The molecule has 1 aliphatic heterocycles. The summed E-state index contributed by atoms with van der Waals surface area (Å²) in [5.41, 5.74) is 10.8. The minimum atomic E-state index is -1.09. The number of ether oxygens (including phenoxy) is 1. The number of nitrogens with zero attached hydrogens (tertiary/aromatic N) is 3. The van der Waals surface area contributed by atoms with Crippen molar-refractivity contribution in [2.24, 2.45) is 0 Å². The standard InChI is InChI=1S/C25H26ClN5O4/c1-14-17(4-3-5-19(14)27)23-22(26)18(10-11-28-23)20-8-6-15(24(30-20)35-2)12-31(25(33)34)13-16-7-9-21(32)29-16/h3-6,8,10-11,16H,7,9,12-13,27H2,1-2H3,(H,29,32)(H,33,34)/t16-/m0/s1. The molecule has 4 rings (SSSR count).